The molecule has 7 aromatic rings. The fraction of sp³-hybridized carbons (Fsp3) is 0. The first-order valence-corrected chi connectivity index (χ1v) is 18.5. The van der Waals surface area contributed by atoms with Crippen molar-refractivity contribution in [3.63, 3.8) is 0 Å². The first-order chi connectivity index (χ1) is 27.0. The lowest BCUT2D eigenvalue weighted by Gasteiger charge is -2.28. The minimum Gasteiger partial charge on any atom is -0.310 e. The van der Waals surface area contributed by atoms with Crippen molar-refractivity contribution in [2.45, 2.75) is 0 Å². The van der Waals surface area contributed by atoms with E-state index in [2.05, 4.69) is 195 Å². The number of hydrogen-bond donors (Lipinski definition) is 0. The summed E-state index contributed by atoms with van der Waals surface area (Å²) in [5.74, 6) is 0. The Morgan fingerprint density at radius 3 is 1.25 bits per heavy atom. The highest BCUT2D eigenvalue weighted by Crippen LogP contribution is 2.42. The van der Waals surface area contributed by atoms with Gasteiger partial charge in [0.15, 0.2) is 0 Å². The number of anilines is 3. The second-order valence-corrected chi connectivity index (χ2v) is 13.2. The van der Waals surface area contributed by atoms with Crippen LogP contribution in [-0.2, 0) is 0 Å². The van der Waals surface area contributed by atoms with E-state index in [1.807, 2.05) is 42.5 Å². The molecule has 264 valence electrons. The quantitative estimate of drug-likeness (QED) is 0.108. The van der Waals surface area contributed by atoms with Crippen LogP contribution in [0.2, 0.25) is 0 Å². The zero-order valence-corrected chi connectivity index (χ0v) is 31.0. The van der Waals surface area contributed by atoms with Gasteiger partial charge in [0.05, 0.1) is 0 Å². The lowest BCUT2D eigenvalue weighted by molar-refractivity contribution is 1.28. The Hall–Kier alpha value is -7.22. The molecule has 0 N–H and O–H groups in total. The van der Waals surface area contributed by atoms with Gasteiger partial charge in [0, 0.05) is 17.1 Å². The number of rotatable bonds is 13. The molecular weight excluding hydrogens is 663 g/mol. The normalized spacial score (nSPS) is 11.2. The Morgan fingerprint density at radius 2 is 0.818 bits per heavy atom. The molecule has 0 aromatic heterocycles. The summed E-state index contributed by atoms with van der Waals surface area (Å²) in [5.41, 5.74) is 16.0. The summed E-state index contributed by atoms with van der Waals surface area (Å²) in [5, 5.41) is 0. The molecule has 0 atom stereocenters. The molecule has 0 amide bonds. The SMILES string of the molecule is C=C/C=C\C(=C)C(=C)/C(=C\C=C)c1ccc(N(c2ccc(-c3ccccc3)cc2)c2ccc(-c3ccccc3)cc2)cc1-c1ccc(-c2ccccc2)cc1. The predicted molar refractivity (Wildman–Crippen MR) is 239 cm³/mol. The van der Waals surface area contributed by atoms with Crippen LogP contribution in [0.3, 0.4) is 0 Å². The van der Waals surface area contributed by atoms with Crippen molar-refractivity contribution in [1.82, 2.24) is 0 Å². The summed E-state index contributed by atoms with van der Waals surface area (Å²) in [4.78, 5) is 2.33. The Labute approximate surface area is 326 Å². The van der Waals surface area contributed by atoms with E-state index >= 15 is 0 Å². The van der Waals surface area contributed by atoms with E-state index in [4.69, 9.17) is 0 Å². The van der Waals surface area contributed by atoms with E-state index < -0.39 is 0 Å². The minimum absolute atomic E-state index is 0.807. The van der Waals surface area contributed by atoms with Crippen LogP contribution < -0.4 is 4.90 Å². The molecule has 0 bridgehead atoms. The third-order valence-electron chi connectivity index (χ3n) is 9.75. The molecule has 0 saturated carbocycles. The van der Waals surface area contributed by atoms with Gasteiger partial charge in [-0.2, -0.15) is 0 Å². The first kappa shape index (κ1) is 36.2. The Balaban J connectivity index is 1.39. The van der Waals surface area contributed by atoms with Crippen molar-refractivity contribution in [2.24, 2.45) is 0 Å². The van der Waals surface area contributed by atoms with Gasteiger partial charge in [0.2, 0.25) is 0 Å². The van der Waals surface area contributed by atoms with Crippen molar-refractivity contribution in [3.05, 3.63) is 255 Å². The smallest absolute Gasteiger partial charge is 0.0468 e. The highest BCUT2D eigenvalue weighted by Gasteiger charge is 2.19. The van der Waals surface area contributed by atoms with Gasteiger partial charge in [0.1, 0.15) is 0 Å². The van der Waals surface area contributed by atoms with E-state index in [1.54, 1.807) is 6.08 Å². The van der Waals surface area contributed by atoms with E-state index in [1.165, 1.54) is 27.8 Å². The number of benzene rings is 7. The summed E-state index contributed by atoms with van der Waals surface area (Å²) in [6.07, 6.45) is 9.41. The lowest BCUT2D eigenvalue weighted by atomic mass is 9.87. The van der Waals surface area contributed by atoms with E-state index in [0.717, 1.165) is 56.0 Å². The molecular formula is C54H43N. The minimum atomic E-state index is 0.807. The molecule has 0 aliphatic heterocycles. The van der Waals surface area contributed by atoms with Crippen LogP contribution in [-0.4, -0.2) is 0 Å². The van der Waals surface area contributed by atoms with Gasteiger partial charge >= 0.3 is 0 Å². The molecule has 55 heavy (non-hydrogen) atoms. The average molecular weight is 706 g/mol. The van der Waals surface area contributed by atoms with Gasteiger partial charge in [-0.3, -0.25) is 0 Å². The molecule has 0 fully saturated rings. The van der Waals surface area contributed by atoms with E-state index in [9.17, 15) is 0 Å². The lowest BCUT2D eigenvalue weighted by Crippen LogP contribution is -2.10. The van der Waals surface area contributed by atoms with E-state index in [0.29, 0.717) is 0 Å². The molecule has 0 radical (unpaired) electrons. The monoisotopic (exact) mass is 705 g/mol. The van der Waals surface area contributed by atoms with Crippen LogP contribution in [0.1, 0.15) is 5.56 Å². The van der Waals surface area contributed by atoms with Crippen molar-refractivity contribution in [3.8, 4) is 44.5 Å². The largest absolute Gasteiger partial charge is 0.310 e. The van der Waals surface area contributed by atoms with Gasteiger partial charge in [-0.25, -0.2) is 0 Å². The molecule has 0 aliphatic rings. The van der Waals surface area contributed by atoms with Crippen LogP contribution in [0.15, 0.2) is 250 Å². The van der Waals surface area contributed by atoms with Gasteiger partial charge in [-0.1, -0.05) is 202 Å². The standard InChI is InChI=1S/C54H43N/c1-5-7-18-40(3)41(4)52(17-6-2)53-38-37-51(39-54(53)48-27-25-45(26-28-48)42-19-11-8-12-20-42)55(49-33-29-46(30-34-49)43-21-13-9-14-22-43)50-35-31-47(32-36-50)44-23-15-10-16-24-44/h5-39H,1-4H2/b18-7-,52-17+. The van der Waals surface area contributed by atoms with Gasteiger partial charge in [-0.15, -0.1) is 0 Å². The molecule has 7 rings (SSSR count). The third kappa shape index (κ3) is 8.23. The van der Waals surface area contributed by atoms with Crippen molar-refractivity contribution in [2.75, 3.05) is 4.90 Å². The molecule has 0 heterocycles. The maximum atomic E-state index is 4.50. The summed E-state index contributed by atoms with van der Waals surface area (Å²) in [7, 11) is 0. The average Bonchev–Trinajstić information content (AvgIpc) is 3.26. The van der Waals surface area contributed by atoms with Crippen molar-refractivity contribution in [1.29, 1.82) is 0 Å². The first-order valence-electron chi connectivity index (χ1n) is 18.5. The number of hydrogen-bond acceptors (Lipinski definition) is 1. The summed E-state index contributed by atoms with van der Waals surface area (Å²) in [6, 6.07) is 64.6. The molecule has 1 nitrogen and oxygen atoms in total. The zero-order valence-electron chi connectivity index (χ0n) is 31.0. The summed E-state index contributed by atoms with van der Waals surface area (Å²) in [6.45, 7) is 16.7. The summed E-state index contributed by atoms with van der Waals surface area (Å²) >= 11 is 0. The topological polar surface area (TPSA) is 3.24 Å². The third-order valence-corrected chi connectivity index (χ3v) is 9.75. The number of allylic oxidation sites excluding steroid dienone is 8. The van der Waals surface area contributed by atoms with Crippen LogP contribution in [0, 0.1) is 0 Å². The molecule has 0 saturated heterocycles. The second kappa shape index (κ2) is 17.1. The second-order valence-electron chi connectivity index (χ2n) is 13.2. The molecule has 7 aromatic carbocycles. The van der Waals surface area contributed by atoms with Crippen LogP contribution in [0.25, 0.3) is 50.1 Å². The molecule has 0 spiro atoms. The fourth-order valence-electron chi connectivity index (χ4n) is 6.86. The molecule has 0 aliphatic carbocycles. The van der Waals surface area contributed by atoms with Gasteiger partial charge in [-0.05, 0) is 103 Å². The maximum Gasteiger partial charge on any atom is 0.0468 e. The molecule has 0 unspecified atom stereocenters. The Kier molecular flexibility index (Phi) is 11.2. The van der Waals surface area contributed by atoms with Gasteiger partial charge < -0.3 is 4.90 Å². The Bertz CT molecular complexity index is 2400. The maximum absolute atomic E-state index is 4.50. The molecule has 1 heteroatoms. The van der Waals surface area contributed by atoms with Crippen LogP contribution in [0.4, 0.5) is 17.1 Å². The Morgan fingerprint density at radius 1 is 0.418 bits per heavy atom. The highest BCUT2D eigenvalue weighted by atomic mass is 15.1. The number of nitrogens with zero attached hydrogens (tertiary/aromatic N) is 1. The van der Waals surface area contributed by atoms with Crippen LogP contribution in [0.5, 0.6) is 0 Å². The zero-order chi connectivity index (χ0) is 38.0. The fourth-order valence-corrected chi connectivity index (χ4v) is 6.86. The van der Waals surface area contributed by atoms with E-state index in [-0.39, 0.29) is 0 Å². The summed E-state index contributed by atoms with van der Waals surface area (Å²) < 4.78 is 0. The predicted octanol–water partition coefficient (Wildman–Crippen LogP) is 15.2. The van der Waals surface area contributed by atoms with Crippen LogP contribution >= 0.6 is 0 Å². The highest BCUT2D eigenvalue weighted by molar-refractivity contribution is 5.94. The van der Waals surface area contributed by atoms with Gasteiger partial charge in [0.25, 0.3) is 0 Å². The van der Waals surface area contributed by atoms with Crippen molar-refractivity contribution >= 4 is 22.6 Å². The van der Waals surface area contributed by atoms with Crippen molar-refractivity contribution < 1.29 is 0 Å².